The largest absolute Gasteiger partial charge is 0.369 e. The van der Waals surface area contributed by atoms with Crippen molar-refractivity contribution in [3.05, 3.63) is 41.4 Å². The zero-order chi connectivity index (χ0) is 26.1. The molecule has 35 heavy (non-hydrogen) atoms. The number of sulfonamides is 1. The summed E-state index contributed by atoms with van der Waals surface area (Å²) in [6.45, 7) is 0.502. The number of carbonyl (C=O) groups is 4. The van der Waals surface area contributed by atoms with Crippen LogP contribution in [0.3, 0.4) is 0 Å². The van der Waals surface area contributed by atoms with Crippen LogP contribution in [-0.2, 0) is 29.2 Å². The van der Waals surface area contributed by atoms with E-state index in [-0.39, 0.29) is 24.4 Å². The number of hydrogen-bond donors (Lipinski definition) is 2. The maximum Gasteiger partial charge on any atom is 0.245 e. The minimum Gasteiger partial charge on any atom is -0.369 e. The van der Waals surface area contributed by atoms with Gasteiger partial charge in [-0.2, -0.15) is 4.31 Å². The van der Waals surface area contributed by atoms with Crippen molar-refractivity contribution in [3.63, 3.8) is 0 Å². The highest BCUT2D eigenvalue weighted by Crippen LogP contribution is 2.29. The summed E-state index contributed by atoms with van der Waals surface area (Å²) in [5.41, 5.74) is 10.5. The summed E-state index contributed by atoms with van der Waals surface area (Å²) < 4.78 is 27.9. The molecule has 0 spiro atoms. The highest BCUT2D eigenvalue weighted by atomic mass is 35.5. The molecule has 0 saturated carbocycles. The van der Waals surface area contributed by atoms with Gasteiger partial charge in [0.05, 0.1) is 18.0 Å². The number of rotatable bonds is 9. The summed E-state index contributed by atoms with van der Waals surface area (Å²) in [6, 6.07) is 7.13. The summed E-state index contributed by atoms with van der Waals surface area (Å²) in [7, 11) is -2.95. The molecule has 2 aromatic carbocycles. The van der Waals surface area contributed by atoms with E-state index in [1.165, 1.54) is 31.0 Å². The Morgan fingerprint density at radius 2 is 1.69 bits per heavy atom. The molecule has 13 heteroatoms. The molecule has 1 saturated heterocycles. The highest BCUT2D eigenvalue weighted by Gasteiger charge is 2.45. The molecule has 0 aromatic heterocycles. The lowest BCUT2D eigenvalue weighted by atomic mass is 10.1. The predicted octanol–water partition coefficient (Wildman–Crippen LogP) is -0.0977. The average Bonchev–Trinajstić information content (AvgIpc) is 3.16. The van der Waals surface area contributed by atoms with Crippen molar-refractivity contribution in [1.29, 1.82) is 0 Å². The number of nitrogens with zero attached hydrogens (tertiary/aromatic N) is 3. The Bertz CT molecular complexity index is 1300. The summed E-state index contributed by atoms with van der Waals surface area (Å²) in [5, 5.41) is 1.81. The van der Waals surface area contributed by atoms with E-state index in [1.807, 2.05) is 0 Å². The third kappa shape index (κ3) is 5.55. The van der Waals surface area contributed by atoms with Crippen LogP contribution in [0.5, 0.6) is 0 Å². The van der Waals surface area contributed by atoms with Gasteiger partial charge in [0, 0.05) is 18.6 Å². The molecule has 11 nitrogen and oxygen atoms in total. The van der Waals surface area contributed by atoms with Crippen molar-refractivity contribution in [2.45, 2.75) is 30.3 Å². The molecule has 3 rings (SSSR count). The highest BCUT2D eigenvalue weighted by molar-refractivity contribution is 7.89. The molecule has 188 valence electrons. The average molecular weight is 524 g/mol. The molecular weight excluding hydrogens is 498 g/mol. The molecule has 4 amide bonds. The summed E-state index contributed by atoms with van der Waals surface area (Å²) in [5.74, 6) is -2.82. The first kappa shape index (κ1) is 26.4. The number of halogens is 1. The molecule has 1 heterocycles. The van der Waals surface area contributed by atoms with Gasteiger partial charge < -0.3 is 21.3 Å². The summed E-state index contributed by atoms with van der Waals surface area (Å²) in [4.78, 5) is 51.0. The van der Waals surface area contributed by atoms with E-state index >= 15 is 0 Å². The van der Waals surface area contributed by atoms with Gasteiger partial charge in [0.15, 0.2) is 0 Å². The van der Waals surface area contributed by atoms with E-state index in [4.69, 9.17) is 23.1 Å². The second-order valence-corrected chi connectivity index (χ2v) is 10.7. The molecule has 1 aliphatic heterocycles. The van der Waals surface area contributed by atoms with E-state index in [0.29, 0.717) is 15.8 Å². The number of likely N-dealkylation sites (N-methyl/N-ethyl adjacent to an activating group) is 1. The Balaban J connectivity index is 1.91. The number of fused-ring (bicyclic) bond motifs is 1. The monoisotopic (exact) mass is 523 g/mol. The fraction of sp³-hybridized carbons (Fsp3) is 0.364. The normalized spacial score (nSPS) is 17.1. The second-order valence-electron chi connectivity index (χ2n) is 8.34. The van der Waals surface area contributed by atoms with Crippen molar-refractivity contribution < 1.29 is 27.6 Å². The van der Waals surface area contributed by atoms with Crippen LogP contribution in [0.4, 0.5) is 0 Å². The molecule has 0 unspecified atom stereocenters. The zero-order valence-electron chi connectivity index (χ0n) is 19.2. The van der Waals surface area contributed by atoms with Crippen LogP contribution in [0.25, 0.3) is 10.8 Å². The SMILES string of the molecule is C[C@@H](C(=O)N(C)CC(N)=O)N1CC[C@H](N(CC(N)=O)S(=O)(=O)c2ccc3cc(Cl)ccc3c2)C1=O. The lowest BCUT2D eigenvalue weighted by molar-refractivity contribution is -0.144. The number of hydrogen-bond acceptors (Lipinski definition) is 6. The third-order valence-electron chi connectivity index (χ3n) is 5.85. The van der Waals surface area contributed by atoms with Gasteiger partial charge in [-0.1, -0.05) is 23.7 Å². The van der Waals surface area contributed by atoms with E-state index in [1.54, 1.807) is 24.3 Å². The summed E-state index contributed by atoms with van der Waals surface area (Å²) in [6.07, 6.45) is 0.0473. The van der Waals surface area contributed by atoms with Crippen LogP contribution >= 0.6 is 11.6 Å². The van der Waals surface area contributed by atoms with Gasteiger partial charge in [-0.05, 0) is 48.4 Å². The number of primary amides is 2. The standard InChI is InChI=1S/C22H26ClN5O6S/c1-13(21(31)26(2)11-19(24)29)27-8-7-18(22(27)32)28(12-20(25)30)35(33,34)17-6-4-14-9-16(23)5-3-15(14)10-17/h3-6,9-10,13,18H,7-8,11-12H2,1-2H3,(H2,24,29)(H2,25,30)/t13-,18-/m0/s1. The topological polar surface area (TPSA) is 164 Å². The first-order chi connectivity index (χ1) is 16.3. The Morgan fingerprint density at radius 1 is 1.09 bits per heavy atom. The van der Waals surface area contributed by atoms with Crippen molar-refractivity contribution in [3.8, 4) is 0 Å². The zero-order valence-corrected chi connectivity index (χ0v) is 20.8. The van der Waals surface area contributed by atoms with Gasteiger partial charge in [-0.15, -0.1) is 0 Å². The smallest absolute Gasteiger partial charge is 0.245 e. The van der Waals surface area contributed by atoms with E-state index in [2.05, 4.69) is 0 Å². The Kier molecular flexibility index (Phi) is 7.68. The molecule has 2 aromatic rings. The number of carbonyl (C=O) groups excluding carboxylic acids is 4. The minimum atomic E-state index is -4.32. The quantitative estimate of drug-likeness (QED) is 0.466. The lowest BCUT2D eigenvalue weighted by Gasteiger charge is -2.29. The Morgan fingerprint density at radius 3 is 2.31 bits per heavy atom. The molecule has 4 N–H and O–H groups in total. The summed E-state index contributed by atoms with van der Waals surface area (Å²) >= 11 is 5.99. The third-order valence-corrected chi connectivity index (χ3v) is 7.93. The Labute approximate surface area is 207 Å². The van der Waals surface area contributed by atoms with E-state index in [0.717, 1.165) is 9.21 Å². The van der Waals surface area contributed by atoms with E-state index in [9.17, 15) is 27.6 Å². The van der Waals surface area contributed by atoms with Gasteiger partial charge in [0.2, 0.25) is 33.7 Å². The molecule has 1 aliphatic rings. The predicted molar refractivity (Wildman–Crippen MR) is 128 cm³/mol. The number of benzene rings is 2. The molecule has 1 fully saturated rings. The van der Waals surface area contributed by atoms with Crippen molar-refractivity contribution in [2.24, 2.45) is 11.5 Å². The molecular formula is C22H26ClN5O6S. The molecule has 2 atom stereocenters. The number of likely N-dealkylation sites (tertiary alicyclic amines) is 1. The van der Waals surface area contributed by atoms with E-state index < -0.39 is 52.3 Å². The van der Waals surface area contributed by atoms with Gasteiger partial charge >= 0.3 is 0 Å². The van der Waals surface area contributed by atoms with Crippen LogP contribution < -0.4 is 11.5 Å². The number of amides is 4. The van der Waals surface area contributed by atoms with Gasteiger partial charge in [-0.3, -0.25) is 19.2 Å². The maximum absolute atomic E-state index is 13.5. The van der Waals surface area contributed by atoms with Crippen molar-refractivity contribution in [2.75, 3.05) is 26.7 Å². The van der Waals surface area contributed by atoms with Crippen LogP contribution in [0.2, 0.25) is 5.02 Å². The van der Waals surface area contributed by atoms with Gasteiger partial charge in [0.25, 0.3) is 0 Å². The number of nitrogens with two attached hydrogens (primary N) is 2. The van der Waals surface area contributed by atoms with Gasteiger partial charge in [-0.25, -0.2) is 8.42 Å². The molecule has 0 aliphatic carbocycles. The van der Waals surface area contributed by atoms with Crippen LogP contribution in [-0.4, -0.2) is 84.9 Å². The molecule has 0 bridgehead atoms. The first-order valence-corrected chi connectivity index (χ1v) is 12.5. The van der Waals surface area contributed by atoms with Crippen molar-refractivity contribution in [1.82, 2.24) is 14.1 Å². The first-order valence-electron chi connectivity index (χ1n) is 10.7. The van der Waals surface area contributed by atoms with Gasteiger partial charge in [0.1, 0.15) is 12.1 Å². The fourth-order valence-corrected chi connectivity index (χ4v) is 5.90. The van der Waals surface area contributed by atoms with Crippen LogP contribution in [0.15, 0.2) is 41.3 Å². The second kappa shape index (κ2) is 10.2. The van der Waals surface area contributed by atoms with Crippen LogP contribution in [0.1, 0.15) is 13.3 Å². The lowest BCUT2D eigenvalue weighted by Crippen LogP contribution is -2.52. The van der Waals surface area contributed by atoms with Crippen molar-refractivity contribution >= 4 is 56.0 Å². The van der Waals surface area contributed by atoms with Crippen LogP contribution in [0, 0.1) is 0 Å². The maximum atomic E-state index is 13.5. The fourth-order valence-electron chi connectivity index (χ4n) is 4.11. The Hall–Kier alpha value is -3.22. The minimum absolute atomic E-state index is 0.0473. The molecule has 0 radical (unpaired) electrons.